The number of aliphatic hydroxyl groups excluding tert-OH is 1. The molecular weight excluding hydrogens is 969 g/mol. The zero-order chi connectivity index (χ0) is 55.1. The van der Waals surface area contributed by atoms with Gasteiger partial charge in [-0.1, -0.05) is 96.1 Å². The second-order valence-electron chi connectivity index (χ2n) is 22.9. The molecular formula is C57H78N10O9. The van der Waals surface area contributed by atoms with Crippen molar-refractivity contribution >= 4 is 47.3 Å². The van der Waals surface area contributed by atoms with Crippen molar-refractivity contribution in [1.29, 1.82) is 0 Å². The molecule has 9 atom stereocenters. The molecule has 2 heterocycles. The van der Waals surface area contributed by atoms with E-state index >= 15 is 0 Å². The summed E-state index contributed by atoms with van der Waals surface area (Å²) in [6.45, 7) is 10.3. The van der Waals surface area contributed by atoms with Crippen molar-refractivity contribution < 1.29 is 43.5 Å². The number of nitrogens with one attached hydrogen (secondary N) is 8. The smallest absolute Gasteiger partial charge is 0.251 e. The summed E-state index contributed by atoms with van der Waals surface area (Å²) >= 11 is 0. The summed E-state index contributed by atoms with van der Waals surface area (Å²) in [4.78, 5) is 116. The highest BCUT2D eigenvalue weighted by Crippen LogP contribution is 2.34. The van der Waals surface area contributed by atoms with Crippen LogP contribution >= 0.6 is 0 Å². The van der Waals surface area contributed by atoms with Crippen molar-refractivity contribution in [3.05, 3.63) is 106 Å². The lowest BCUT2D eigenvalue weighted by atomic mass is 9.85. The Kier molecular flexibility index (Phi) is 18.4. The summed E-state index contributed by atoms with van der Waals surface area (Å²) in [6, 6.07) is 15.0. The van der Waals surface area contributed by atoms with E-state index in [2.05, 4.69) is 48.6 Å². The normalized spacial score (nSPS) is 22.4. The first-order valence-electron chi connectivity index (χ1n) is 26.7. The van der Waals surface area contributed by atoms with Crippen molar-refractivity contribution in [3.63, 3.8) is 0 Å². The molecule has 3 aromatic carbocycles. The van der Waals surface area contributed by atoms with Gasteiger partial charge < -0.3 is 57.4 Å². The van der Waals surface area contributed by atoms with Gasteiger partial charge in [-0.3, -0.25) is 38.4 Å². The number of nitrogens with zero attached hydrogens (tertiary/aromatic N) is 2. The van der Waals surface area contributed by atoms with E-state index in [1.165, 1.54) is 22.9 Å². The zero-order valence-electron chi connectivity index (χ0n) is 45.2. The molecule has 410 valence electrons. The molecule has 3 aromatic rings. The van der Waals surface area contributed by atoms with Crippen LogP contribution in [0.1, 0.15) is 135 Å². The molecule has 2 aliphatic carbocycles. The highest BCUT2D eigenvalue weighted by molar-refractivity contribution is 6.01. The fraction of sp³-hybridized carbons (Fsp3) is 0.544. The van der Waals surface area contributed by atoms with Crippen LogP contribution in [0.4, 0.5) is 0 Å². The lowest BCUT2D eigenvalue weighted by Gasteiger charge is -2.36. The Morgan fingerprint density at radius 2 is 1.05 bits per heavy atom. The summed E-state index contributed by atoms with van der Waals surface area (Å²) < 4.78 is 0. The van der Waals surface area contributed by atoms with E-state index < -0.39 is 95.2 Å². The number of carbonyl (C=O) groups is 8. The second kappa shape index (κ2) is 24.5. The van der Waals surface area contributed by atoms with Gasteiger partial charge in [-0.05, 0) is 117 Å². The average Bonchev–Trinajstić information content (AvgIpc) is 4.02. The third-order valence-corrected chi connectivity index (χ3v) is 15.2. The van der Waals surface area contributed by atoms with Gasteiger partial charge >= 0.3 is 0 Å². The van der Waals surface area contributed by atoms with Crippen LogP contribution in [0.15, 0.2) is 72.8 Å². The first-order valence-corrected chi connectivity index (χ1v) is 26.7. The first-order chi connectivity index (χ1) is 36.1. The Morgan fingerprint density at radius 1 is 0.605 bits per heavy atom. The van der Waals surface area contributed by atoms with Gasteiger partial charge in [0.2, 0.25) is 35.4 Å². The molecule has 4 aliphatic rings. The Hall–Kier alpha value is -6.70. The number of likely N-dealkylation sites (N-methyl/N-ethyl adjacent to an activating group) is 2. The van der Waals surface area contributed by atoms with E-state index in [-0.39, 0.29) is 67.5 Å². The van der Waals surface area contributed by atoms with Crippen LogP contribution in [0, 0.1) is 10.8 Å². The van der Waals surface area contributed by atoms with Crippen molar-refractivity contribution in [2.45, 2.75) is 147 Å². The SMILES string of the molecule is CNCC(=O)N[C@H](C(=O)N1C[C@@H](NC(=O)c2cccc(C(=O)N[C@H]3C[C@@H](C(=O)N[C@@H]4CCCc5ccccc54)N(C(=O)[C@@H](NC(=O)[C@H](CO)NC)C(C)(C)C)C3)c2)C[C@H]1C(=O)N[C@@H]1CCCc2ccccc21)C(C)(C)C. The highest BCUT2D eigenvalue weighted by Gasteiger charge is 2.48. The summed E-state index contributed by atoms with van der Waals surface area (Å²) in [5.41, 5.74) is 3.05. The first kappa shape index (κ1) is 57.0. The number of benzene rings is 3. The largest absolute Gasteiger partial charge is 0.394 e. The maximum atomic E-state index is 14.7. The quantitative estimate of drug-likeness (QED) is 0.0949. The van der Waals surface area contributed by atoms with Crippen LogP contribution in [0.3, 0.4) is 0 Å². The zero-order valence-corrected chi connectivity index (χ0v) is 45.2. The number of aliphatic hydroxyl groups is 1. The number of carbonyl (C=O) groups excluding carboxylic acids is 8. The van der Waals surface area contributed by atoms with E-state index in [0.717, 1.165) is 54.4 Å². The van der Waals surface area contributed by atoms with Gasteiger partial charge in [0.15, 0.2) is 0 Å². The third kappa shape index (κ3) is 13.5. The van der Waals surface area contributed by atoms with Gasteiger partial charge in [0.05, 0.1) is 25.2 Å². The van der Waals surface area contributed by atoms with Crippen LogP contribution in [0.2, 0.25) is 0 Å². The predicted octanol–water partition coefficient (Wildman–Crippen LogP) is 2.33. The fourth-order valence-electron chi connectivity index (χ4n) is 11.1. The minimum absolute atomic E-state index is 0.0173. The van der Waals surface area contributed by atoms with Crippen molar-refractivity contribution in [1.82, 2.24) is 52.3 Å². The Labute approximate surface area is 446 Å². The number of aryl methyl sites for hydroxylation is 2. The topological polar surface area (TPSA) is 260 Å². The minimum atomic E-state index is -1.11. The Morgan fingerprint density at radius 3 is 1.47 bits per heavy atom. The van der Waals surface area contributed by atoms with Gasteiger partial charge in [-0.25, -0.2) is 0 Å². The summed E-state index contributed by atoms with van der Waals surface area (Å²) in [7, 11) is 3.15. The number of hydrogen-bond donors (Lipinski definition) is 9. The Balaban J connectivity index is 1.08. The van der Waals surface area contributed by atoms with Crippen molar-refractivity contribution in [2.75, 3.05) is 40.3 Å². The highest BCUT2D eigenvalue weighted by atomic mass is 16.3. The maximum Gasteiger partial charge on any atom is 0.251 e. The maximum absolute atomic E-state index is 14.7. The monoisotopic (exact) mass is 1050 g/mol. The van der Waals surface area contributed by atoms with Crippen LogP contribution in [0.25, 0.3) is 0 Å². The third-order valence-electron chi connectivity index (χ3n) is 15.2. The van der Waals surface area contributed by atoms with E-state index in [9.17, 15) is 43.5 Å². The van der Waals surface area contributed by atoms with Gasteiger partial charge in [-0.15, -0.1) is 0 Å². The van der Waals surface area contributed by atoms with Gasteiger partial charge in [-0.2, -0.15) is 0 Å². The standard InChI is InChI=1S/C57H78N10O9/c1-56(2,3)47(64-46(69)29-58-7)54(75)66-30-37(27-44(66)52(73)62-41-24-14-18-33-16-9-11-22-39(33)41)60-49(70)35-20-13-21-36(26-35)50(71)61-38-28-45(53(74)63-42-25-15-19-34-17-10-12-23-40(34)42)67(31-38)55(76)48(57(4,5)6)65-51(72)43(32-68)59-8/h9-13,16-17,20-23,26,37-38,41-45,47-48,58-59,68H,14-15,18-19,24-25,27-32H2,1-8H3,(H,60,70)(H,61,71)(H,62,73)(H,63,74)(H,64,69)(H,65,72)/t37-,38-,41+,42+,43-,44-,45-,47+,48+/m0/s1. The lowest BCUT2D eigenvalue weighted by molar-refractivity contribution is -0.144. The molecule has 76 heavy (non-hydrogen) atoms. The number of rotatable bonds is 17. The number of amides is 8. The molecule has 0 saturated carbocycles. The van der Waals surface area contributed by atoms with E-state index in [4.69, 9.17) is 0 Å². The molecule has 2 aliphatic heterocycles. The average molecular weight is 1050 g/mol. The molecule has 0 spiro atoms. The van der Waals surface area contributed by atoms with E-state index in [1.54, 1.807) is 46.0 Å². The number of likely N-dealkylation sites (tertiary alicyclic amines) is 2. The molecule has 19 heteroatoms. The Bertz CT molecular complexity index is 2640. The molecule has 8 amide bonds. The van der Waals surface area contributed by atoms with Crippen LogP contribution < -0.4 is 42.5 Å². The number of fused-ring (bicyclic) bond motifs is 2. The van der Waals surface area contributed by atoms with Gasteiger partial charge in [0.25, 0.3) is 11.8 Å². The van der Waals surface area contributed by atoms with Crippen LogP contribution in [0.5, 0.6) is 0 Å². The molecule has 9 N–H and O–H groups in total. The molecule has 7 rings (SSSR count). The molecule has 0 bridgehead atoms. The molecule has 2 saturated heterocycles. The molecule has 19 nitrogen and oxygen atoms in total. The fourth-order valence-corrected chi connectivity index (χ4v) is 11.1. The van der Waals surface area contributed by atoms with Gasteiger partial charge in [0, 0.05) is 36.3 Å². The summed E-state index contributed by atoms with van der Waals surface area (Å²) in [6.07, 6.45) is 5.11. The van der Waals surface area contributed by atoms with E-state index in [0.29, 0.717) is 6.42 Å². The molecule has 0 unspecified atom stereocenters. The molecule has 0 radical (unpaired) electrons. The minimum Gasteiger partial charge on any atom is -0.394 e. The van der Waals surface area contributed by atoms with Crippen molar-refractivity contribution in [2.24, 2.45) is 10.8 Å². The molecule has 2 fully saturated rings. The number of hydrogen-bond acceptors (Lipinski definition) is 11. The van der Waals surface area contributed by atoms with Crippen molar-refractivity contribution in [3.8, 4) is 0 Å². The predicted molar refractivity (Wildman–Crippen MR) is 286 cm³/mol. The van der Waals surface area contributed by atoms with Crippen LogP contribution in [-0.2, 0) is 41.6 Å². The van der Waals surface area contributed by atoms with E-state index in [1.807, 2.05) is 63.2 Å². The molecule has 0 aromatic heterocycles. The second-order valence-corrected chi connectivity index (χ2v) is 22.9. The lowest BCUT2D eigenvalue weighted by Crippen LogP contribution is -2.60. The summed E-state index contributed by atoms with van der Waals surface area (Å²) in [5.74, 6) is -3.80. The summed E-state index contributed by atoms with van der Waals surface area (Å²) in [5, 5.41) is 33.5. The van der Waals surface area contributed by atoms with Crippen LogP contribution in [-0.4, -0.2) is 145 Å². The van der Waals surface area contributed by atoms with Gasteiger partial charge in [0.1, 0.15) is 30.2 Å².